The lowest BCUT2D eigenvalue weighted by Crippen LogP contribution is -2.44. The summed E-state index contributed by atoms with van der Waals surface area (Å²) < 4.78 is 16.4. The van der Waals surface area contributed by atoms with E-state index in [2.05, 4.69) is 35.8 Å². The fourth-order valence-corrected chi connectivity index (χ4v) is 3.68. The van der Waals surface area contributed by atoms with Gasteiger partial charge in [0.25, 0.3) is 5.91 Å². The van der Waals surface area contributed by atoms with Crippen molar-refractivity contribution in [3.8, 4) is 11.4 Å². The Morgan fingerprint density at radius 2 is 2.03 bits per heavy atom. The zero-order chi connectivity index (χ0) is 21.4. The Bertz CT molecular complexity index is 1260. The molecule has 10 heteroatoms. The molecular weight excluding hydrogens is 399 g/mol. The van der Waals surface area contributed by atoms with Crippen molar-refractivity contribution >= 4 is 23.1 Å². The van der Waals surface area contributed by atoms with Crippen molar-refractivity contribution in [1.82, 2.24) is 30.1 Å². The predicted molar refractivity (Wildman–Crippen MR) is 115 cm³/mol. The zero-order valence-corrected chi connectivity index (χ0v) is 16.9. The Balaban J connectivity index is 1.44. The van der Waals surface area contributed by atoms with Crippen molar-refractivity contribution < 1.29 is 9.18 Å². The molecule has 0 unspecified atom stereocenters. The lowest BCUT2D eigenvalue weighted by Gasteiger charge is -2.26. The van der Waals surface area contributed by atoms with E-state index >= 15 is 0 Å². The van der Waals surface area contributed by atoms with Crippen molar-refractivity contribution in [1.29, 1.82) is 0 Å². The maximum absolute atomic E-state index is 14.7. The number of anilines is 2. The summed E-state index contributed by atoms with van der Waals surface area (Å²) >= 11 is 0. The summed E-state index contributed by atoms with van der Waals surface area (Å²) in [6, 6.07) is 8.46. The molecule has 0 spiro atoms. The average molecular weight is 420 g/mol. The zero-order valence-electron chi connectivity index (χ0n) is 16.9. The third-order valence-corrected chi connectivity index (χ3v) is 5.38. The Morgan fingerprint density at radius 3 is 2.87 bits per heavy atom. The highest BCUT2D eigenvalue weighted by atomic mass is 19.1. The molecule has 1 saturated heterocycles. The Labute approximate surface area is 177 Å². The number of carbonyl (C=O) groups is 1. The number of nitrogens with one attached hydrogen (secondary N) is 3. The third kappa shape index (κ3) is 3.61. The SMILES string of the molecule is Cc1cc(F)c(-c2nnc(N3CCNCC3)[nH]2)cc1NC(=O)c1cnn2ccccc12. The first-order chi connectivity index (χ1) is 15.1. The number of nitrogens with zero attached hydrogens (tertiary/aromatic N) is 5. The number of fused-ring (bicyclic) bond motifs is 1. The molecule has 0 saturated carbocycles. The fourth-order valence-electron chi connectivity index (χ4n) is 3.68. The minimum atomic E-state index is -0.436. The summed E-state index contributed by atoms with van der Waals surface area (Å²) in [5.41, 5.74) is 2.47. The number of H-pyrrole nitrogens is 1. The van der Waals surface area contributed by atoms with Crippen LogP contribution in [-0.2, 0) is 0 Å². The molecule has 0 bridgehead atoms. The first-order valence-corrected chi connectivity index (χ1v) is 10.0. The number of hydrogen-bond acceptors (Lipinski definition) is 6. The molecule has 1 aliphatic rings. The van der Waals surface area contributed by atoms with Crippen LogP contribution in [0.3, 0.4) is 0 Å². The second-order valence-electron chi connectivity index (χ2n) is 7.42. The van der Waals surface area contributed by atoms with Gasteiger partial charge in [-0.3, -0.25) is 4.79 Å². The number of halogens is 1. The van der Waals surface area contributed by atoms with E-state index in [0.717, 1.165) is 26.2 Å². The van der Waals surface area contributed by atoms with Gasteiger partial charge in [-0.05, 0) is 36.8 Å². The molecule has 1 amide bonds. The van der Waals surface area contributed by atoms with E-state index in [9.17, 15) is 9.18 Å². The van der Waals surface area contributed by atoms with Crippen molar-refractivity contribution in [2.24, 2.45) is 0 Å². The van der Waals surface area contributed by atoms with Crippen LogP contribution in [-0.4, -0.2) is 56.9 Å². The van der Waals surface area contributed by atoms with Crippen LogP contribution in [0.25, 0.3) is 16.9 Å². The molecule has 3 aromatic heterocycles. The van der Waals surface area contributed by atoms with Gasteiger partial charge in [0.2, 0.25) is 5.95 Å². The lowest BCUT2D eigenvalue weighted by molar-refractivity contribution is 0.102. The van der Waals surface area contributed by atoms with E-state index < -0.39 is 5.82 Å². The normalized spacial score (nSPS) is 14.2. The number of aromatic amines is 1. The molecule has 0 radical (unpaired) electrons. The summed E-state index contributed by atoms with van der Waals surface area (Å²) in [7, 11) is 0. The van der Waals surface area contributed by atoms with Gasteiger partial charge in [-0.25, -0.2) is 8.91 Å². The summed E-state index contributed by atoms with van der Waals surface area (Å²) in [6.07, 6.45) is 3.29. The molecule has 158 valence electrons. The number of aryl methyl sites for hydroxylation is 1. The smallest absolute Gasteiger partial charge is 0.259 e. The Kier molecular flexibility index (Phi) is 4.83. The second kappa shape index (κ2) is 7.80. The minimum absolute atomic E-state index is 0.245. The lowest BCUT2D eigenvalue weighted by atomic mass is 10.1. The Hall–Kier alpha value is -3.79. The quantitative estimate of drug-likeness (QED) is 0.468. The van der Waals surface area contributed by atoms with Crippen LogP contribution in [0, 0.1) is 12.7 Å². The first kappa shape index (κ1) is 19.2. The van der Waals surface area contributed by atoms with Crippen LogP contribution in [0.1, 0.15) is 15.9 Å². The van der Waals surface area contributed by atoms with Crippen molar-refractivity contribution in [3.05, 3.63) is 59.7 Å². The molecule has 5 rings (SSSR count). The third-order valence-electron chi connectivity index (χ3n) is 5.38. The first-order valence-electron chi connectivity index (χ1n) is 10.0. The van der Waals surface area contributed by atoms with Crippen LogP contribution >= 0.6 is 0 Å². The van der Waals surface area contributed by atoms with Crippen LogP contribution in [0.2, 0.25) is 0 Å². The van der Waals surface area contributed by atoms with Gasteiger partial charge in [-0.15, -0.1) is 10.2 Å². The minimum Gasteiger partial charge on any atom is -0.339 e. The predicted octanol–water partition coefficient (Wildman–Crippen LogP) is 2.23. The van der Waals surface area contributed by atoms with Crippen LogP contribution < -0.4 is 15.5 Å². The van der Waals surface area contributed by atoms with E-state index in [1.165, 1.54) is 12.3 Å². The highest BCUT2D eigenvalue weighted by Gasteiger charge is 2.19. The molecule has 31 heavy (non-hydrogen) atoms. The average Bonchev–Trinajstić information content (AvgIpc) is 3.44. The number of amides is 1. The number of aromatic nitrogens is 5. The monoisotopic (exact) mass is 420 g/mol. The van der Waals surface area contributed by atoms with Crippen LogP contribution in [0.4, 0.5) is 16.0 Å². The molecule has 1 aromatic carbocycles. The number of hydrogen-bond donors (Lipinski definition) is 3. The number of pyridine rings is 1. The van der Waals surface area contributed by atoms with Crippen LogP contribution in [0.5, 0.6) is 0 Å². The van der Waals surface area contributed by atoms with Crippen molar-refractivity contribution in [2.75, 3.05) is 36.4 Å². The summed E-state index contributed by atoms with van der Waals surface area (Å²) in [5.74, 6) is 0.168. The van der Waals surface area contributed by atoms with E-state index in [1.807, 2.05) is 18.2 Å². The number of rotatable bonds is 4. The molecule has 4 aromatic rings. The largest absolute Gasteiger partial charge is 0.339 e. The molecule has 1 fully saturated rings. The highest BCUT2D eigenvalue weighted by molar-refractivity contribution is 6.09. The highest BCUT2D eigenvalue weighted by Crippen LogP contribution is 2.28. The van der Waals surface area contributed by atoms with Gasteiger partial charge in [-0.1, -0.05) is 6.07 Å². The van der Waals surface area contributed by atoms with Gasteiger partial charge in [0, 0.05) is 38.1 Å². The van der Waals surface area contributed by atoms with Crippen LogP contribution in [0.15, 0.2) is 42.7 Å². The van der Waals surface area contributed by atoms with Gasteiger partial charge in [0.1, 0.15) is 5.82 Å². The number of piperazine rings is 1. The molecule has 9 nitrogen and oxygen atoms in total. The number of benzene rings is 1. The van der Waals surface area contributed by atoms with Gasteiger partial charge in [0.05, 0.1) is 22.8 Å². The molecule has 0 atom stereocenters. The summed E-state index contributed by atoms with van der Waals surface area (Å²) in [6.45, 7) is 5.05. The topological polar surface area (TPSA) is 103 Å². The van der Waals surface area contributed by atoms with Gasteiger partial charge in [-0.2, -0.15) is 5.10 Å². The van der Waals surface area contributed by atoms with E-state index in [-0.39, 0.29) is 11.5 Å². The second-order valence-corrected chi connectivity index (χ2v) is 7.42. The summed E-state index contributed by atoms with van der Waals surface area (Å²) in [4.78, 5) is 18.0. The molecular formula is C21H21FN8O. The van der Waals surface area contributed by atoms with Crippen molar-refractivity contribution in [3.63, 3.8) is 0 Å². The Morgan fingerprint density at radius 1 is 1.19 bits per heavy atom. The summed E-state index contributed by atoms with van der Waals surface area (Å²) in [5, 5.41) is 18.6. The maximum atomic E-state index is 14.7. The fraction of sp³-hybridized carbons (Fsp3) is 0.238. The van der Waals surface area contributed by atoms with Gasteiger partial charge in [0.15, 0.2) is 5.82 Å². The van der Waals surface area contributed by atoms with Crippen molar-refractivity contribution in [2.45, 2.75) is 6.92 Å². The maximum Gasteiger partial charge on any atom is 0.259 e. The van der Waals surface area contributed by atoms with Gasteiger partial charge < -0.3 is 20.5 Å². The van der Waals surface area contributed by atoms with Gasteiger partial charge >= 0.3 is 0 Å². The molecule has 3 N–H and O–H groups in total. The molecule has 0 aliphatic carbocycles. The van der Waals surface area contributed by atoms with E-state index in [1.54, 1.807) is 23.7 Å². The standard InChI is InChI=1S/C21H21FN8O/c1-13-10-16(22)14(19-26-21(28-27-19)29-8-5-23-6-9-29)11-17(13)25-20(31)15-12-24-30-7-3-2-4-18(15)30/h2-4,7,10-12,23H,5-6,8-9H2,1H3,(H,25,31)(H,26,27,28). The molecule has 1 aliphatic heterocycles. The van der Waals surface area contributed by atoms with E-state index in [4.69, 9.17) is 0 Å². The molecule has 4 heterocycles. The van der Waals surface area contributed by atoms with E-state index in [0.29, 0.717) is 34.1 Å². The number of carbonyl (C=O) groups excluding carboxylic acids is 1.